The van der Waals surface area contributed by atoms with Gasteiger partial charge in [0.15, 0.2) is 0 Å². The number of aromatic nitrogens is 5. The molecule has 0 saturated heterocycles. The highest BCUT2D eigenvalue weighted by Gasteiger charge is 2.48. The third-order valence-corrected chi connectivity index (χ3v) is 25.1. The molecule has 2 aliphatic rings. The van der Waals surface area contributed by atoms with E-state index in [-0.39, 0.29) is 60.9 Å². The average molecular weight is 1590 g/mol. The molecule has 0 saturated carbocycles. The van der Waals surface area contributed by atoms with E-state index in [4.69, 9.17) is 19.9 Å². The van der Waals surface area contributed by atoms with Crippen molar-refractivity contribution in [1.29, 1.82) is 0 Å². The van der Waals surface area contributed by atoms with E-state index in [2.05, 4.69) is 443 Å². The summed E-state index contributed by atoms with van der Waals surface area (Å²) >= 11 is 0. The van der Waals surface area contributed by atoms with Crippen molar-refractivity contribution in [2.45, 2.75) is 288 Å². The first-order valence-corrected chi connectivity index (χ1v) is 44.0. The van der Waals surface area contributed by atoms with Crippen LogP contribution in [0.25, 0.3) is 83.4 Å². The Kier molecular flexibility index (Phi) is 20.3. The lowest BCUT2D eigenvalue weighted by atomic mass is 9.33. The molecule has 0 spiro atoms. The van der Waals surface area contributed by atoms with Crippen LogP contribution in [0.1, 0.15) is 290 Å². The summed E-state index contributed by atoms with van der Waals surface area (Å²) in [5.41, 5.74) is 33.9. The third-order valence-electron chi connectivity index (χ3n) is 25.1. The largest absolute Gasteiger partial charge is 0.310 e. The number of rotatable bonds is 8. The topological polar surface area (TPSA) is 63.0 Å². The lowest BCUT2D eigenvalue weighted by Gasteiger charge is -2.47. The minimum Gasteiger partial charge on any atom is -0.310 e. The van der Waals surface area contributed by atoms with Crippen LogP contribution in [-0.4, -0.2) is 31.2 Å². The lowest BCUT2D eigenvalue weighted by molar-refractivity contribution is 0.531. The molecule has 0 N–H and O–H groups in total. The second kappa shape index (κ2) is 28.7. The molecule has 0 amide bonds. The Labute approximate surface area is 720 Å². The highest BCUT2D eigenvalue weighted by Crippen LogP contribution is 2.57. The summed E-state index contributed by atoms with van der Waals surface area (Å²) in [5, 5.41) is 2.49. The zero-order valence-electron chi connectivity index (χ0n) is 78.8. The number of pyridine rings is 4. The zero-order valence-corrected chi connectivity index (χ0v) is 78.8. The fourth-order valence-corrected chi connectivity index (χ4v) is 17.4. The second-order valence-corrected chi connectivity index (χ2v) is 46.4. The van der Waals surface area contributed by atoms with Crippen LogP contribution in [-0.2, 0) is 59.6 Å². The highest BCUT2D eigenvalue weighted by molar-refractivity contribution is 7.00. The number of hydrogen-bond donors (Lipinski definition) is 0. The maximum Gasteiger partial charge on any atom is 0.252 e. The maximum atomic E-state index is 5.93. The molecule has 0 aliphatic carbocycles. The van der Waals surface area contributed by atoms with E-state index in [0.29, 0.717) is 0 Å². The molecule has 0 fully saturated rings. The summed E-state index contributed by atoms with van der Waals surface area (Å²) in [7, 11) is 0. The molecule has 8 heteroatoms. The van der Waals surface area contributed by atoms with Crippen molar-refractivity contribution in [3.63, 3.8) is 0 Å². The summed E-state index contributed by atoms with van der Waals surface area (Å²) in [6.45, 7) is 76.8. The first kappa shape index (κ1) is 84.8. The summed E-state index contributed by atoms with van der Waals surface area (Å²) in [4.78, 5) is 28.7. The van der Waals surface area contributed by atoms with Crippen molar-refractivity contribution in [3.8, 4) is 61.6 Å². The van der Waals surface area contributed by atoms with Gasteiger partial charge < -0.3 is 14.4 Å². The Morgan fingerprint density at radius 2 is 0.608 bits per heavy atom. The van der Waals surface area contributed by atoms with E-state index >= 15 is 0 Å². The molecule has 15 rings (SSSR count). The van der Waals surface area contributed by atoms with Crippen LogP contribution < -0.4 is 26.2 Å². The molecule has 618 valence electrons. The van der Waals surface area contributed by atoms with E-state index in [1.54, 1.807) is 0 Å². The van der Waals surface area contributed by atoms with Crippen molar-refractivity contribution in [2.75, 3.05) is 9.80 Å². The fraction of sp³-hybridized carbons (Fsp3) is 0.393. The smallest absolute Gasteiger partial charge is 0.252 e. The highest BCUT2D eigenvalue weighted by atomic mass is 15.2. The monoisotopic (exact) mass is 1590 g/mol. The second-order valence-electron chi connectivity index (χ2n) is 46.4. The molecule has 2 aliphatic heterocycles. The van der Waals surface area contributed by atoms with Gasteiger partial charge in [-0.05, 0) is 221 Å². The molecule has 5 aromatic heterocycles. The van der Waals surface area contributed by atoms with Crippen molar-refractivity contribution >= 4 is 79.0 Å². The predicted octanol–water partition coefficient (Wildman–Crippen LogP) is 29.1. The van der Waals surface area contributed by atoms with Crippen LogP contribution in [0.4, 0.5) is 34.1 Å². The normalized spacial score (nSPS) is 14.0. The van der Waals surface area contributed by atoms with E-state index in [9.17, 15) is 0 Å². The van der Waals surface area contributed by atoms with Crippen molar-refractivity contribution in [1.82, 2.24) is 24.5 Å². The van der Waals surface area contributed by atoms with Gasteiger partial charge in [0.05, 0.1) is 33.8 Å². The predicted molar refractivity (Wildman–Crippen MR) is 519 cm³/mol. The summed E-state index contributed by atoms with van der Waals surface area (Å²) in [6.07, 6.45) is 0. The van der Waals surface area contributed by atoms with Gasteiger partial charge in [0.25, 0.3) is 6.71 Å². The Morgan fingerprint density at radius 1 is 0.233 bits per heavy atom. The number of anilines is 6. The van der Waals surface area contributed by atoms with Gasteiger partial charge in [-0.25, -0.2) is 0 Å². The molecule has 13 aromatic rings. The average Bonchev–Trinajstić information content (AvgIpc) is 0.699. The van der Waals surface area contributed by atoms with E-state index in [0.717, 1.165) is 130 Å². The Hall–Kier alpha value is -10.2. The van der Waals surface area contributed by atoms with Gasteiger partial charge in [-0.2, -0.15) is 0 Å². The molecule has 0 atom stereocenters. The molecule has 7 nitrogen and oxygen atoms in total. The Morgan fingerprint density at radius 3 is 1.00 bits per heavy atom. The zero-order chi connectivity index (χ0) is 87.2. The lowest BCUT2D eigenvalue weighted by Crippen LogP contribution is -2.61. The van der Waals surface area contributed by atoms with Crippen molar-refractivity contribution < 1.29 is 0 Å². The minimum atomic E-state index is -0.407. The molecule has 7 heterocycles. The van der Waals surface area contributed by atoms with Crippen molar-refractivity contribution in [3.05, 3.63) is 262 Å². The summed E-state index contributed by atoms with van der Waals surface area (Å²) < 4.78 is 2.57. The summed E-state index contributed by atoms with van der Waals surface area (Å²) in [6, 6.07) is 79.1. The van der Waals surface area contributed by atoms with E-state index < -0.39 is 5.41 Å². The van der Waals surface area contributed by atoms with Crippen LogP contribution in [0.5, 0.6) is 0 Å². The SMILES string of the molecule is CC(C)(C)c1cc(-c2cc(C(C)(C)C)nc(C(C)(C)C)c2)c(N2c3ccc(-c4ccccc4)cc3B3c4ccc(-n5c6ccc(C(C)(C)C)cc6c6cc(C(C)(C)C)ccc65)cc4N(c4c(-c5cccc(C(C)(C)C)n5)cc(C(C)(C)C)cc4-c4cccc(C(C)(C)C)n4)c4cc(C(C)(C)C)cc2c43)c(-c2cc(C(C)(C)C)nc(C(C)(C)C)c2)c1. The number of fused-ring (bicyclic) bond motifs is 7. The van der Waals surface area contributed by atoms with E-state index in [1.807, 2.05) is 0 Å². The summed E-state index contributed by atoms with van der Waals surface area (Å²) in [5.74, 6) is 0. The van der Waals surface area contributed by atoms with Gasteiger partial charge in [-0.3, -0.25) is 19.9 Å². The van der Waals surface area contributed by atoms with Crippen LogP contribution in [0.15, 0.2) is 200 Å². The Bertz CT molecular complexity index is 5930. The van der Waals surface area contributed by atoms with Gasteiger partial charge >= 0.3 is 0 Å². The van der Waals surface area contributed by atoms with Crippen molar-refractivity contribution in [2.24, 2.45) is 0 Å². The molecule has 0 radical (unpaired) electrons. The van der Waals surface area contributed by atoms with Crippen LogP contribution in [0.3, 0.4) is 0 Å². The maximum absolute atomic E-state index is 5.93. The first-order chi connectivity index (χ1) is 55.4. The first-order valence-electron chi connectivity index (χ1n) is 44.0. The van der Waals surface area contributed by atoms with Gasteiger partial charge in [0.2, 0.25) is 0 Å². The van der Waals surface area contributed by atoms with Gasteiger partial charge in [0.1, 0.15) is 0 Å². The number of nitrogens with zero attached hydrogens (tertiary/aromatic N) is 7. The van der Waals surface area contributed by atoms with Gasteiger partial charge in [-0.1, -0.05) is 301 Å². The number of hydrogen-bond acceptors (Lipinski definition) is 6. The third kappa shape index (κ3) is 15.7. The minimum absolute atomic E-state index is 0.0876. The van der Waals surface area contributed by atoms with Crippen LogP contribution in [0, 0.1) is 0 Å². The molecule has 120 heavy (non-hydrogen) atoms. The molecular formula is C112H132BN7. The molecule has 0 unspecified atom stereocenters. The van der Waals surface area contributed by atoms with Crippen LogP contribution in [0.2, 0.25) is 0 Å². The van der Waals surface area contributed by atoms with E-state index in [1.165, 1.54) is 66.0 Å². The molecule has 0 bridgehead atoms. The molecule has 8 aromatic carbocycles. The fourth-order valence-electron chi connectivity index (χ4n) is 17.4. The Balaban J connectivity index is 1.21. The standard InChI is InChI=1S/C112H132BN7/c1-102(2,3)71-46-51-87-79(58-71)80-59-72(103(4,5)6)47-52-88(80)118(87)76-48-49-83-90(66-76)120(101-81(85-41-37-43-93(114-85)107(16,17)18)62-74(105(10,11)12)63-82(101)86-42-38-44-94(115-86)108(19,20)21)92-65-75(106(13,14)15)64-91-99(92)113(83)84-53-68(67-39-35-34-36-40-67)45-50-89(84)119(91)100-77(69-54-95(109(22,23)24)116-96(55-69)110(25,26)27)60-73(104(7,8)9)61-78(100)70-56-97(111(28,29)30)117-98(57-70)112(31,32)33/h34-66H,1-33H3. The quantitative estimate of drug-likeness (QED) is 0.141. The van der Waals surface area contributed by atoms with Gasteiger partial charge in [-0.15, -0.1) is 0 Å². The van der Waals surface area contributed by atoms with Crippen LogP contribution >= 0.6 is 0 Å². The molecular weight excluding hydrogens is 1450 g/mol. The van der Waals surface area contributed by atoms with Gasteiger partial charge in [0, 0.05) is 128 Å². The number of benzene rings is 8.